The van der Waals surface area contributed by atoms with Crippen LogP contribution in [0.1, 0.15) is 24.1 Å². The van der Waals surface area contributed by atoms with Crippen LogP contribution in [0.5, 0.6) is 0 Å². The van der Waals surface area contributed by atoms with Gasteiger partial charge in [-0.15, -0.1) is 0 Å². The Morgan fingerprint density at radius 1 is 1.26 bits per heavy atom. The minimum Gasteiger partial charge on any atom is -0.355 e. The first-order valence-electron chi connectivity index (χ1n) is 11.3. The zero-order valence-corrected chi connectivity index (χ0v) is 20.4. The Balaban J connectivity index is 1.70. The molecule has 178 valence electrons. The fourth-order valence-corrected chi connectivity index (χ4v) is 4.94. The predicted octanol–water partition coefficient (Wildman–Crippen LogP) is 3.91. The number of aromatic nitrogens is 4. The van der Waals surface area contributed by atoms with E-state index in [1.807, 2.05) is 30.3 Å². The molecule has 35 heavy (non-hydrogen) atoms. The van der Waals surface area contributed by atoms with Crippen molar-refractivity contribution in [2.24, 2.45) is 5.73 Å². The van der Waals surface area contributed by atoms with E-state index in [1.54, 1.807) is 16.8 Å². The van der Waals surface area contributed by atoms with Gasteiger partial charge >= 0.3 is 0 Å². The number of nitriles is 1. The van der Waals surface area contributed by atoms with Crippen molar-refractivity contribution in [3.05, 3.63) is 75.0 Å². The number of fused-ring (bicyclic) bond motifs is 2. The quantitative estimate of drug-likeness (QED) is 0.438. The minimum absolute atomic E-state index is 0.0176. The van der Waals surface area contributed by atoms with Crippen LogP contribution in [0.3, 0.4) is 0 Å². The Labute approximate surface area is 211 Å². The first-order chi connectivity index (χ1) is 17.0. The second-order valence-electron chi connectivity index (χ2n) is 8.62. The van der Waals surface area contributed by atoms with Crippen molar-refractivity contribution in [1.29, 1.82) is 5.26 Å². The number of rotatable bonds is 5. The third kappa shape index (κ3) is 4.39. The van der Waals surface area contributed by atoms with Gasteiger partial charge in [-0.3, -0.25) is 14.3 Å². The molecule has 8 nitrogen and oxygen atoms in total. The highest BCUT2D eigenvalue weighted by molar-refractivity contribution is 6.55. The Bertz CT molecular complexity index is 1540. The summed E-state index contributed by atoms with van der Waals surface area (Å²) in [5.74, 6) is 0.620. The number of piperidine rings is 1. The number of allylic oxidation sites excluding steroid dienone is 1. The molecule has 0 amide bonds. The second kappa shape index (κ2) is 9.70. The molecule has 1 saturated heterocycles. The first kappa shape index (κ1) is 23.4. The van der Waals surface area contributed by atoms with Crippen molar-refractivity contribution < 1.29 is 0 Å². The van der Waals surface area contributed by atoms with Crippen LogP contribution in [0.15, 0.2) is 58.2 Å². The Hall–Kier alpha value is -3.38. The predicted molar refractivity (Wildman–Crippen MR) is 139 cm³/mol. The maximum absolute atomic E-state index is 13.8. The molecule has 10 heteroatoms. The molecule has 1 aromatic carbocycles. The Kier molecular flexibility index (Phi) is 6.48. The van der Waals surface area contributed by atoms with Crippen LogP contribution in [0, 0.1) is 11.3 Å². The van der Waals surface area contributed by atoms with Crippen molar-refractivity contribution in [1.82, 2.24) is 19.1 Å². The fraction of sp³-hybridized carbons (Fsp3) is 0.280. The first-order valence-corrected chi connectivity index (χ1v) is 12.1. The molecule has 0 aliphatic carbocycles. The van der Waals surface area contributed by atoms with Crippen molar-refractivity contribution in [3.8, 4) is 6.07 Å². The van der Waals surface area contributed by atoms with E-state index in [0.29, 0.717) is 29.0 Å². The van der Waals surface area contributed by atoms with Crippen LogP contribution in [0.2, 0.25) is 0 Å². The van der Waals surface area contributed by atoms with Gasteiger partial charge in [0, 0.05) is 37.3 Å². The topological polar surface area (TPSA) is 106 Å². The van der Waals surface area contributed by atoms with Crippen LogP contribution < -0.4 is 16.2 Å². The number of nitrogens with zero attached hydrogens (tertiary/aromatic N) is 6. The summed E-state index contributed by atoms with van der Waals surface area (Å²) in [5, 5.41) is 12.1. The lowest BCUT2D eigenvalue weighted by Crippen LogP contribution is -2.44. The van der Waals surface area contributed by atoms with E-state index in [1.165, 1.54) is 10.9 Å². The van der Waals surface area contributed by atoms with Gasteiger partial charge in [0.2, 0.25) is 0 Å². The van der Waals surface area contributed by atoms with E-state index in [-0.39, 0.29) is 29.2 Å². The minimum atomic E-state index is -0.270. The molecular formula is C25H23Cl2N7O. The molecule has 0 saturated carbocycles. The molecule has 1 fully saturated rings. The number of hydrogen-bond acceptors (Lipinski definition) is 6. The van der Waals surface area contributed by atoms with Gasteiger partial charge in [0.15, 0.2) is 0 Å². The maximum Gasteiger partial charge on any atom is 0.278 e. The molecule has 0 bridgehead atoms. The van der Waals surface area contributed by atoms with Crippen molar-refractivity contribution >= 4 is 50.8 Å². The molecule has 1 atom stereocenters. The summed E-state index contributed by atoms with van der Waals surface area (Å²) in [7, 11) is 0. The normalized spacial score (nSPS) is 15.9. The highest BCUT2D eigenvalue weighted by Gasteiger charge is 2.28. The highest BCUT2D eigenvalue weighted by atomic mass is 35.5. The van der Waals surface area contributed by atoms with Crippen LogP contribution in [0.25, 0.3) is 21.8 Å². The average Bonchev–Trinajstić information content (AvgIpc) is 3.18. The van der Waals surface area contributed by atoms with Gasteiger partial charge in [-0.25, -0.2) is 4.98 Å². The lowest BCUT2D eigenvalue weighted by molar-refractivity contribution is 0.499. The number of nitrogens with two attached hydrogens (primary N) is 1. The largest absolute Gasteiger partial charge is 0.355 e. The molecular weight excluding hydrogens is 485 g/mol. The summed E-state index contributed by atoms with van der Waals surface area (Å²) in [6.07, 6.45) is 6.62. The zero-order chi connectivity index (χ0) is 24.5. The van der Waals surface area contributed by atoms with Gasteiger partial charge < -0.3 is 15.2 Å². The second-order valence-corrected chi connectivity index (χ2v) is 9.62. The summed E-state index contributed by atoms with van der Waals surface area (Å²) in [6, 6.07) is 12.1. The summed E-state index contributed by atoms with van der Waals surface area (Å²) < 4.78 is 3.38. The third-order valence-corrected chi connectivity index (χ3v) is 6.68. The SMILES string of the molecule is N#Cc1c(N2CCCC(N)C2)n(CC=C(Cl)Cl)c2c(=O)n(Cc3nccc4ccccc34)cnc12. The molecule has 0 radical (unpaired) electrons. The number of pyridine rings is 1. The van der Waals surface area contributed by atoms with Gasteiger partial charge in [0.1, 0.15) is 33.0 Å². The van der Waals surface area contributed by atoms with Crippen LogP contribution in [-0.4, -0.2) is 38.2 Å². The molecule has 1 aliphatic rings. The Morgan fingerprint density at radius 3 is 2.86 bits per heavy atom. The monoisotopic (exact) mass is 507 g/mol. The van der Waals surface area contributed by atoms with Crippen LogP contribution in [-0.2, 0) is 13.1 Å². The van der Waals surface area contributed by atoms with Crippen molar-refractivity contribution in [2.45, 2.75) is 32.0 Å². The molecule has 0 spiro atoms. The van der Waals surface area contributed by atoms with Crippen molar-refractivity contribution in [2.75, 3.05) is 18.0 Å². The zero-order valence-electron chi connectivity index (χ0n) is 18.9. The molecule has 4 aromatic rings. The van der Waals surface area contributed by atoms with E-state index in [0.717, 1.165) is 35.9 Å². The van der Waals surface area contributed by atoms with E-state index in [9.17, 15) is 10.1 Å². The molecule has 2 N–H and O–H groups in total. The van der Waals surface area contributed by atoms with Gasteiger partial charge in [0.25, 0.3) is 5.56 Å². The summed E-state index contributed by atoms with van der Waals surface area (Å²) in [4.78, 5) is 24.9. The smallest absolute Gasteiger partial charge is 0.278 e. The van der Waals surface area contributed by atoms with E-state index in [2.05, 4.69) is 20.9 Å². The summed E-state index contributed by atoms with van der Waals surface area (Å²) in [6.45, 7) is 1.77. The van der Waals surface area contributed by atoms with Crippen LogP contribution in [0.4, 0.5) is 5.82 Å². The lowest BCUT2D eigenvalue weighted by atomic mass is 10.1. The third-order valence-electron chi connectivity index (χ3n) is 6.37. The maximum atomic E-state index is 13.8. The van der Waals surface area contributed by atoms with Gasteiger partial charge in [-0.05, 0) is 30.4 Å². The number of benzene rings is 1. The molecule has 3 aromatic heterocycles. The fourth-order valence-electron chi connectivity index (χ4n) is 4.81. The summed E-state index contributed by atoms with van der Waals surface area (Å²) in [5.41, 5.74) is 7.74. The molecule has 4 heterocycles. The summed E-state index contributed by atoms with van der Waals surface area (Å²) >= 11 is 11.8. The Morgan fingerprint density at radius 2 is 2.09 bits per heavy atom. The number of halogens is 2. The highest BCUT2D eigenvalue weighted by Crippen LogP contribution is 2.32. The van der Waals surface area contributed by atoms with Crippen molar-refractivity contribution in [3.63, 3.8) is 0 Å². The number of hydrogen-bond donors (Lipinski definition) is 1. The van der Waals surface area contributed by atoms with E-state index < -0.39 is 0 Å². The molecule has 1 unspecified atom stereocenters. The standard InChI is InChI=1S/C25H23Cl2N7O/c26-21(27)8-11-34-23-22(19(12-28)24(34)32-10-3-5-17(29)13-32)31-15-33(25(23)35)14-20-18-6-2-1-4-16(18)7-9-30-20/h1-2,4,6-9,15,17H,3,5,10-11,13-14,29H2. The number of anilines is 1. The van der Waals surface area contributed by atoms with Gasteiger partial charge in [-0.2, -0.15) is 5.26 Å². The van der Waals surface area contributed by atoms with E-state index in [4.69, 9.17) is 28.9 Å². The van der Waals surface area contributed by atoms with Gasteiger partial charge in [0.05, 0.1) is 18.6 Å². The van der Waals surface area contributed by atoms with E-state index >= 15 is 0 Å². The molecule has 5 rings (SSSR count). The lowest BCUT2D eigenvalue weighted by Gasteiger charge is -2.33. The molecule has 1 aliphatic heterocycles. The van der Waals surface area contributed by atoms with Gasteiger partial charge in [-0.1, -0.05) is 47.5 Å². The van der Waals surface area contributed by atoms with Crippen LogP contribution >= 0.6 is 23.2 Å². The average molecular weight is 508 g/mol.